The fourth-order valence-corrected chi connectivity index (χ4v) is 2.00. The molecule has 0 saturated heterocycles. The van der Waals surface area contributed by atoms with E-state index in [1.165, 1.54) is 0 Å². The van der Waals surface area contributed by atoms with Crippen LogP contribution in [-0.2, 0) is 0 Å². The van der Waals surface area contributed by atoms with Gasteiger partial charge in [0.2, 0.25) is 5.82 Å². The summed E-state index contributed by atoms with van der Waals surface area (Å²) in [6.45, 7) is 0. The average molecular weight is 292 g/mol. The van der Waals surface area contributed by atoms with Gasteiger partial charge in [0.25, 0.3) is 5.56 Å². The molecule has 0 aliphatic carbocycles. The lowest BCUT2D eigenvalue weighted by Crippen LogP contribution is -2.09. The molecule has 6 nitrogen and oxygen atoms in total. The Labute approximate surface area is 103 Å². The minimum Gasteiger partial charge on any atom is -0.321 e. The quantitative estimate of drug-likeness (QED) is 0.711. The highest BCUT2D eigenvalue weighted by molar-refractivity contribution is 9.10. The molecular formula is C10H6BrN5O. The number of aromatic nitrogens is 5. The number of nitrogens with one attached hydrogen (secondary N) is 2. The Morgan fingerprint density at radius 1 is 1.24 bits per heavy atom. The van der Waals surface area contributed by atoms with Crippen molar-refractivity contribution < 1.29 is 0 Å². The molecule has 0 aliphatic rings. The third-order valence-corrected chi connectivity index (χ3v) is 2.89. The molecule has 0 fully saturated rings. The van der Waals surface area contributed by atoms with Crippen LogP contribution in [0.3, 0.4) is 0 Å². The van der Waals surface area contributed by atoms with E-state index in [4.69, 9.17) is 0 Å². The molecule has 2 N–H and O–H groups in total. The van der Waals surface area contributed by atoms with Crippen LogP contribution in [-0.4, -0.2) is 25.6 Å². The lowest BCUT2D eigenvalue weighted by molar-refractivity contribution is 0.881. The molecular weight excluding hydrogens is 286 g/mol. The van der Waals surface area contributed by atoms with Crippen molar-refractivity contribution in [2.24, 2.45) is 0 Å². The summed E-state index contributed by atoms with van der Waals surface area (Å²) in [6, 6.07) is 7.35. The van der Waals surface area contributed by atoms with Crippen molar-refractivity contribution in [1.29, 1.82) is 0 Å². The van der Waals surface area contributed by atoms with Gasteiger partial charge in [-0.15, -0.1) is 10.2 Å². The van der Waals surface area contributed by atoms with Crippen LogP contribution in [0, 0.1) is 0 Å². The number of tetrazole rings is 1. The molecule has 84 valence electrons. The Balaban J connectivity index is 2.33. The van der Waals surface area contributed by atoms with Gasteiger partial charge >= 0.3 is 0 Å². The fraction of sp³-hybridized carbons (Fsp3) is 0. The zero-order chi connectivity index (χ0) is 11.8. The number of pyridine rings is 1. The number of hydrogen-bond donors (Lipinski definition) is 2. The first-order valence-corrected chi connectivity index (χ1v) is 5.60. The van der Waals surface area contributed by atoms with Crippen LogP contribution in [0.1, 0.15) is 0 Å². The highest BCUT2D eigenvalue weighted by Crippen LogP contribution is 2.20. The summed E-state index contributed by atoms with van der Waals surface area (Å²) in [5.74, 6) is 0.285. The molecule has 2 heterocycles. The van der Waals surface area contributed by atoms with E-state index in [2.05, 4.69) is 41.5 Å². The predicted octanol–water partition coefficient (Wildman–Crippen LogP) is 1.47. The summed E-state index contributed by atoms with van der Waals surface area (Å²) < 4.78 is 0.941. The molecule has 0 unspecified atom stereocenters. The van der Waals surface area contributed by atoms with E-state index in [9.17, 15) is 4.79 Å². The molecule has 0 bridgehead atoms. The summed E-state index contributed by atoms with van der Waals surface area (Å²) in [7, 11) is 0. The molecule has 3 rings (SSSR count). The second-order valence-corrected chi connectivity index (χ2v) is 4.39. The molecule has 0 radical (unpaired) electrons. The lowest BCUT2D eigenvalue weighted by Gasteiger charge is -2.00. The maximum Gasteiger partial charge on any atom is 0.259 e. The molecule has 0 atom stereocenters. The van der Waals surface area contributed by atoms with Crippen molar-refractivity contribution in [3.63, 3.8) is 0 Å². The highest BCUT2D eigenvalue weighted by Gasteiger charge is 2.09. The molecule has 3 aromatic rings. The van der Waals surface area contributed by atoms with Crippen LogP contribution in [0.25, 0.3) is 22.3 Å². The van der Waals surface area contributed by atoms with E-state index in [1.807, 2.05) is 18.2 Å². The van der Waals surface area contributed by atoms with Gasteiger partial charge in [-0.3, -0.25) is 4.79 Å². The molecule has 0 spiro atoms. The van der Waals surface area contributed by atoms with Crippen molar-refractivity contribution in [3.05, 3.63) is 39.1 Å². The zero-order valence-electron chi connectivity index (χ0n) is 8.44. The minimum absolute atomic E-state index is 0.235. The van der Waals surface area contributed by atoms with Gasteiger partial charge in [-0.1, -0.05) is 15.9 Å². The van der Waals surface area contributed by atoms with Gasteiger partial charge in [0.05, 0.1) is 5.56 Å². The number of H-pyrrole nitrogens is 2. The number of benzene rings is 1. The van der Waals surface area contributed by atoms with Crippen LogP contribution >= 0.6 is 15.9 Å². The van der Waals surface area contributed by atoms with Gasteiger partial charge in [0.1, 0.15) is 0 Å². The summed E-state index contributed by atoms with van der Waals surface area (Å²) in [6.07, 6.45) is 0. The van der Waals surface area contributed by atoms with Gasteiger partial charge in [-0.2, -0.15) is 5.21 Å². The van der Waals surface area contributed by atoms with Gasteiger partial charge in [0, 0.05) is 15.4 Å². The number of rotatable bonds is 1. The van der Waals surface area contributed by atoms with Gasteiger partial charge in [0.15, 0.2) is 0 Å². The SMILES string of the molecule is O=c1[nH]c2ccc(Br)cc2cc1-c1nn[nH]n1. The number of hydrogen-bond acceptors (Lipinski definition) is 4. The van der Waals surface area contributed by atoms with Crippen LogP contribution < -0.4 is 5.56 Å². The highest BCUT2D eigenvalue weighted by atomic mass is 79.9. The molecule has 0 amide bonds. The summed E-state index contributed by atoms with van der Waals surface area (Å²) in [4.78, 5) is 14.6. The zero-order valence-corrected chi connectivity index (χ0v) is 10.0. The van der Waals surface area contributed by atoms with Crippen LogP contribution in [0.5, 0.6) is 0 Å². The number of fused-ring (bicyclic) bond motifs is 1. The first-order valence-electron chi connectivity index (χ1n) is 4.80. The van der Waals surface area contributed by atoms with Crippen molar-refractivity contribution in [2.45, 2.75) is 0 Å². The lowest BCUT2D eigenvalue weighted by atomic mass is 10.1. The standard InChI is InChI=1S/C10H6BrN5O/c11-6-1-2-8-5(3-6)4-7(10(17)12-8)9-13-15-16-14-9/h1-4H,(H,12,17)(H,13,14,15,16). The topological polar surface area (TPSA) is 87.3 Å². The van der Waals surface area contributed by atoms with Crippen LogP contribution in [0.15, 0.2) is 33.5 Å². The van der Waals surface area contributed by atoms with Crippen molar-refractivity contribution in [1.82, 2.24) is 25.6 Å². The summed E-state index contributed by atoms with van der Waals surface area (Å²) >= 11 is 3.38. The first kappa shape index (κ1) is 10.2. The Morgan fingerprint density at radius 3 is 2.88 bits per heavy atom. The average Bonchev–Trinajstić information content (AvgIpc) is 2.82. The van der Waals surface area contributed by atoms with E-state index in [-0.39, 0.29) is 11.4 Å². The maximum atomic E-state index is 11.8. The number of nitrogens with zero attached hydrogens (tertiary/aromatic N) is 3. The Hall–Kier alpha value is -2.02. The summed E-state index contributed by atoms with van der Waals surface area (Å²) in [5.41, 5.74) is 0.927. The van der Waals surface area contributed by atoms with Gasteiger partial charge < -0.3 is 4.98 Å². The first-order chi connectivity index (χ1) is 8.24. The van der Waals surface area contributed by atoms with Crippen LogP contribution in [0.4, 0.5) is 0 Å². The second-order valence-electron chi connectivity index (χ2n) is 3.48. The largest absolute Gasteiger partial charge is 0.321 e. The minimum atomic E-state index is -0.235. The van der Waals surface area contributed by atoms with E-state index in [0.29, 0.717) is 5.56 Å². The van der Waals surface area contributed by atoms with E-state index >= 15 is 0 Å². The van der Waals surface area contributed by atoms with Gasteiger partial charge in [-0.05, 0) is 29.5 Å². The Kier molecular flexibility index (Phi) is 2.25. The number of aromatic amines is 2. The van der Waals surface area contributed by atoms with E-state index in [1.54, 1.807) is 6.07 Å². The van der Waals surface area contributed by atoms with Crippen molar-refractivity contribution in [3.8, 4) is 11.4 Å². The molecule has 2 aromatic heterocycles. The van der Waals surface area contributed by atoms with Crippen molar-refractivity contribution in [2.75, 3.05) is 0 Å². The molecule has 0 aliphatic heterocycles. The molecule has 1 aromatic carbocycles. The smallest absolute Gasteiger partial charge is 0.259 e. The normalized spacial score (nSPS) is 10.9. The monoisotopic (exact) mass is 291 g/mol. The predicted molar refractivity (Wildman–Crippen MR) is 65.4 cm³/mol. The third kappa shape index (κ3) is 1.74. The molecule has 0 saturated carbocycles. The molecule has 7 heteroatoms. The Bertz CT molecular complexity index is 734. The summed E-state index contributed by atoms with van der Waals surface area (Å²) in [5, 5.41) is 14.3. The van der Waals surface area contributed by atoms with E-state index in [0.717, 1.165) is 15.4 Å². The third-order valence-electron chi connectivity index (χ3n) is 2.39. The number of halogens is 1. The second kappa shape index (κ2) is 3.77. The Morgan fingerprint density at radius 2 is 2.12 bits per heavy atom. The van der Waals surface area contributed by atoms with Gasteiger partial charge in [-0.25, -0.2) is 0 Å². The van der Waals surface area contributed by atoms with E-state index < -0.39 is 0 Å². The van der Waals surface area contributed by atoms with Crippen molar-refractivity contribution >= 4 is 26.8 Å². The fourth-order valence-electron chi connectivity index (χ4n) is 1.62. The van der Waals surface area contributed by atoms with Crippen LogP contribution in [0.2, 0.25) is 0 Å². The maximum absolute atomic E-state index is 11.8. The molecule has 17 heavy (non-hydrogen) atoms.